The van der Waals surface area contributed by atoms with Crippen molar-refractivity contribution in [1.82, 2.24) is 4.57 Å². The molecule has 0 aliphatic carbocycles. The van der Waals surface area contributed by atoms with Crippen LogP contribution in [0.2, 0.25) is 0 Å². The van der Waals surface area contributed by atoms with Crippen LogP contribution in [0.25, 0.3) is 11.3 Å². The summed E-state index contributed by atoms with van der Waals surface area (Å²) in [4.78, 5) is 7.20. The normalized spacial score (nSPS) is 17.2. The number of para-hydroxylation sites is 1. The molecule has 0 saturated carbocycles. The predicted octanol–water partition coefficient (Wildman–Crippen LogP) is 5.36. The zero-order chi connectivity index (χ0) is 19.3. The summed E-state index contributed by atoms with van der Waals surface area (Å²) in [5.74, 6) is 0.864. The Kier molecular flexibility index (Phi) is 6.20. The number of aromatic nitrogens is 1. The molecular formula is C22H24N2O2S2. The van der Waals surface area contributed by atoms with Gasteiger partial charge in [0.15, 0.2) is 4.80 Å². The average molecular weight is 413 g/mol. The van der Waals surface area contributed by atoms with Gasteiger partial charge in [-0.2, -0.15) is 0 Å². The molecule has 146 valence electrons. The SMILES string of the molecule is COc1ccc(-c2csc(=Nc3ccccc3SC)n2CC2CCCO2)cc1. The third-order valence-corrected chi connectivity index (χ3v) is 6.54. The van der Waals surface area contributed by atoms with Crippen molar-refractivity contribution in [3.05, 3.63) is 58.7 Å². The third kappa shape index (κ3) is 4.19. The molecule has 1 aromatic heterocycles. The summed E-state index contributed by atoms with van der Waals surface area (Å²) >= 11 is 3.40. The van der Waals surface area contributed by atoms with E-state index in [4.69, 9.17) is 14.5 Å². The molecule has 1 saturated heterocycles. The first kappa shape index (κ1) is 19.3. The summed E-state index contributed by atoms with van der Waals surface area (Å²) in [7, 11) is 1.69. The Morgan fingerprint density at radius 1 is 1.21 bits per heavy atom. The molecule has 0 bridgehead atoms. The molecule has 1 fully saturated rings. The fourth-order valence-electron chi connectivity index (χ4n) is 3.40. The Morgan fingerprint density at radius 2 is 2.04 bits per heavy atom. The summed E-state index contributed by atoms with van der Waals surface area (Å²) in [6.45, 7) is 1.68. The van der Waals surface area contributed by atoms with Crippen molar-refractivity contribution in [2.45, 2.75) is 30.4 Å². The Labute approximate surface area is 173 Å². The minimum atomic E-state index is 0.251. The van der Waals surface area contributed by atoms with E-state index in [-0.39, 0.29) is 6.10 Å². The molecule has 4 nitrogen and oxygen atoms in total. The van der Waals surface area contributed by atoms with Crippen molar-refractivity contribution >= 4 is 28.8 Å². The zero-order valence-electron chi connectivity index (χ0n) is 16.1. The summed E-state index contributed by atoms with van der Waals surface area (Å²) in [6, 6.07) is 16.5. The van der Waals surface area contributed by atoms with Crippen molar-refractivity contribution in [3.63, 3.8) is 0 Å². The predicted molar refractivity (Wildman–Crippen MR) is 117 cm³/mol. The molecule has 1 atom stereocenters. The van der Waals surface area contributed by atoms with E-state index in [1.807, 2.05) is 18.2 Å². The monoisotopic (exact) mass is 412 g/mol. The van der Waals surface area contributed by atoms with Gasteiger partial charge in [-0.15, -0.1) is 23.1 Å². The fourth-order valence-corrected chi connectivity index (χ4v) is 4.87. The molecule has 1 aliphatic rings. The molecule has 0 N–H and O–H groups in total. The van der Waals surface area contributed by atoms with Gasteiger partial charge >= 0.3 is 0 Å². The number of rotatable bonds is 6. The number of hydrogen-bond acceptors (Lipinski definition) is 5. The van der Waals surface area contributed by atoms with Crippen LogP contribution >= 0.6 is 23.1 Å². The van der Waals surface area contributed by atoms with Gasteiger partial charge < -0.3 is 14.0 Å². The lowest BCUT2D eigenvalue weighted by atomic mass is 10.1. The number of hydrogen-bond donors (Lipinski definition) is 0. The topological polar surface area (TPSA) is 35.8 Å². The maximum absolute atomic E-state index is 5.92. The van der Waals surface area contributed by atoms with Gasteiger partial charge in [0.1, 0.15) is 5.75 Å². The molecular weight excluding hydrogens is 388 g/mol. The highest BCUT2D eigenvalue weighted by atomic mass is 32.2. The molecule has 28 heavy (non-hydrogen) atoms. The second-order valence-corrected chi connectivity index (χ2v) is 8.35. The first-order valence-corrected chi connectivity index (χ1v) is 11.5. The van der Waals surface area contributed by atoms with Crippen molar-refractivity contribution in [2.75, 3.05) is 20.0 Å². The van der Waals surface area contributed by atoms with Crippen LogP contribution in [0, 0.1) is 0 Å². The van der Waals surface area contributed by atoms with E-state index in [0.717, 1.165) is 47.8 Å². The van der Waals surface area contributed by atoms with Crippen molar-refractivity contribution in [3.8, 4) is 17.0 Å². The maximum atomic E-state index is 5.92. The number of ether oxygens (including phenoxy) is 2. The Bertz CT molecular complexity index is 986. The molecule has 6 heteroatoms. The van der Waals surface area contributed by atoms with E-state index in [0.29, 0.717) is 0 Å². The Morgan fingerprint density at radius 3 is 2.75 bits per heavy atom. The molecule has 0 radical (unpaired) electrons. The quantitative estimate of drug-likeness (QED) is 0.512. The van der Waals surface area contributed by atoms with Gasteiger partial charge in [-0.25, -0.2) is 4.99 Å². The second-order valence-electron chi connectivity index (χ2n) is 6.66. The van der Waals surface area contributed by atoms with Gasteiger partial charge in [0.25, 0.3) is 0 Å². The molecule has 2 heterocycles. The van der Waals surface area contributed by atoms with Crippen molar-refractivity contribution in [2.24, 2.45) is 4.99 Å². The van der Waals surface area contributed by atoms with E-state index in [1.165, 1.54) is 10.6 Å². The lowest BCUT2D eigenvalue weighted by Gasteiger charge is -2.14. The van der Waals surface area contributed by atoms with Crippen LogP contribution in [0.3, 0.4) is 0 Å². The van der Waals surface area contributed by atoms with Crippen LogP contribution in [-0.4, -0.2) is 30.6 Å². The van der Waals surface area contributed by atoms with E-state index < -0.39 is 0 Å². The van der Waals surface area contributed by atoms with E-state index in [2.05, 4.69) is 46.5 Å². The van der Waals surface area contributed by atoms with Gasteiger partial charge in [-0.3, -0.25) is 0 Å². The van der Waals surface area contributed by atoms with Gasteiger partial charge in [-0.1, -0.05) is 12.1 Å². The molecule has 2 aromatic carbocycles. The average Bonchev–Trinajstić information content (AvgIpc) is 3.39. The second kappa shape index (κ2) is 8.99. The molecule has 1 unspecified atom stereocenters. The van der Waals surface area contributed by atoms with Crippen LogP contribution in [0.15, 0.2) is 63.8 Å². The highest BCUT2D eigenvalue weighted by Gasteiger charge is 2.19. The maximum Gasteiger partial charge on any atom is 0.190 e. The Hall–Kier alpha value is -2.02. The number of thiazole rings is 1. The highest BCUT2D eigenvalue weighted by molar-refractivity contribution is 7.98. The van der Waals surface area contributed by atoms with E-state index in [1.54, 1.807) is 30.2 Å². The van der Waals surface area contributed by atoms with E-state index in [9.17, 15) is 0 Å². The molecule has 0 spiro atoms. The summed E-state index contributed by atoms with van der Waals surface area (Å²) in [6.07, 6.45) is 4.58. The summed E-state index contributed by atoms with van der Waals surface area (Å²) in [5, 5.41) is 2.19. The van der Waals surface area contributed by atoms with E-state index >= 15 is 0 Å². The van der Waals surface area contributed by atoms with Gasteiger partial charge in [0.2, 0.25) is 0 Å². The lowest BCUT2D eigenvalue weighted by Crippen LogP contribution is -2.24. The Balaban J connectivity index is 1.79. The first-order valence-electron chi connectivity index (χ1n) is 9.40. The van der Waals surface area contributed by atoms with Crippen LogP contribution < -0.4 is 9.54 Å². The minimum Gasteiger partial charge on any atom is -0.497 e. The molecule has 1 aliphatic heterocycles. The minimum absolute atomic E-state index is 0.251. The van der Waals surface area contributed by atoms with Crippen LogP contribution in [0.4, 0.5) is 5.69 Å². The standard InChI is InChI=1S/C22H24N2O2S2/c1-25-17-11-9-16(10-12-17)20-15-28-22(24(20)14-18-6-5-13-26-18)23-19-7-3-4-8-21(19)27-2/h3-4,7-12,15,18H,5-6,13-14H2,1-2H3. The fraction of sp³-hybridized carbons (Fsp3) is 0.318. The van der Waals surface area contributed by atoms with Crippen molar-refractivity contribution in [1.29, 1.82) is 0 Å². The summed E-state index contributed by atoms with van der Waals surface area (Å²) in [5.41, 5.74) is 3.34. The zero-order valence-corrected chi connectivity index (χ0v) is 17.8. The van der Waals surface area contributed by atoms with Crippen LogP contribution in [-0.2, 0) is 11.3 Å². The van der Waals surface area contributed by atoms with Crippen LogP contribution in [0.5, 0.6) is 5.75 Å². The number of methoxy groups -OCH3 is 1. The molecule has 3 aromatic rings. The number of benzene rings is 2. The van der Waals surface area contributed by atoms with Gasteiger partial charge in [-0.05, 0) is 61.1 Å². The number of nitrogens with zero attached hydrogens (tertiary/aromatic N) is 2. The van der Waals surface area contributed by atoms with Crippen LogP contribution in [0.1, 0.15) is 12.8 Å². The lowest BCUT2D eigenvalue weighted by molar-refractivity contribution is 0.0968. The third-order valence-electron chi connectivity index (χ3n) is 4.89. The molecule has 4 rings (SSSR count). The van der Waals surface area contributed by atoms with Gasteiger partial charge in [0, 0.05) is 16.9 Å². The molecule has 0 amide bonds. The summed E-state index contributed by atoms with van der Waals surface area (Å²) < 4.78 is 13.5. The van der Waals surface area contributed by atoms with Crippen molar-refractivity contribution < 1.29 is 9.47 Å². The number of thioether (sulfide) groups is 1. The largest absolute Gasteiger partial charge is 0.497 e. The highest BCUT2D eigenvalue weighted by Crippen LogP contribution is 2.28. The first-order chi connectivity index (χ1) is 13.8. The van der Waals surface area contributed by atoms with Gasteiger partial charge in [0.05, 0.1) is 31.1 Å². The smallest absolute Gasteiger partial charge is 0.190 e.